The van der Waals surface area contributed by atoms with Gasteiger partial charge in [-0.25, -0.2) is 0 Å². The minimum Gasteiger partial charge on any atom is -0.466 e. The monoisotopic (exact) mass is 270 g/mol. The van der Waals surface area contributed by atoms with Crippen LogP contribution < -0.4 is 10.2 Å². The first-order chi connectivity index (χ1) is 9.56. The van der Waals surface area contributed by atoms with E-state index in [4.69, 9.17) is 4.42 Å². The molecular formula is C15H14N2O3. The maximum Gasteiger partial charge on any atom is 0.262 e. The molecule has 3 rings (SSSR count). The first-order valence-corrected chi connectivity index (χ1v) is 6.34. The van der Waals surface area contributed by atoms with Gasteiger partial charge in [0.05, 0.1) is 16.9 Å². The van der Waals surface area contributed by atoms with E-state index in [1.165, 1.54) is 4.90 Å². The van der Waals surface area contributed by atoms with Crippen molar-refractivity contribution >= 4 is 23.2 Å². The number of nitrogens with one attached hydrogen (secondary N) is 1. The number of fused-ring (bicyclic) bond motifs is 1. The Morgan fingerprint density at radius 2 is 2.05 bits per heavy atom. The SMILES string of the molecule is Cc1cc(C(=O)N2CC(=O)Nc3ccccc32)c(C)o1. The van der Waals surface area contributed by atoms with Gasteiger partial charge < -0.3 is 9.73 Å². The Morgan fingerprint density at radius 1 is 1.30 bits per heavy atom. The molecule has 1 aromatic heterocycles. The van der Waals surface area contributed by atoms with Crippen molar-refractivity contribution in [2.45, 2.75) is 13.8 Å². The zero-order valence-electron chi connectivity index (χ0n) is 11.3. The lowest BCUT2D eigenvalue weighted by molar-refractivity contribution is -0.115. The Morgan fingerprint density at radius 3 is 2.75 bits per heavy atom. The van der Waals surface area contributed by atoms with E-state index >= 15 is 0 Å². The fourth-order valence-corrected chi connectivity index (χ4v) is 2.40. The molecule has 0 saturated carbocycles. The lowest BCUT2D eigenvalue weighted by Gasteiger charge is -2.28. The molecule has 0 fully saturated rings. The van der Waals surface area contributed by atoms with Crippen molar-refractivity contribution < 1.29 is 14.0 Å². The molecule has 1 aliphatic rings. The van der Waals surface area contributed by atoms with Gasteiger partial charge in [0.2, 0.25) is 5.91 Å². The zero-order valence-corrected chi connectivity index (χ0v) is 11.3. The molecule has 0 aliphatic carbocycles. The van der Waals surface area contributed by atoms with E-state index in [1.54, 1.807) is 26.0 Å². The Hall–Kier alpha value is -2.56. The highest BCUT2D eigenvalue weighted by Gasteiger charge is 2.29. The molecule has 1 aromatic carbocycles. The molecule has 0 spiro atoms. The number of anilines is 2. The van der Waals surface area contributed by atoms with Crippen LogP contribution in [0.5, 0.6) is 0 Å². The van der Waals surface area contributed by atoms with Gasteiger partial charge in [-0.05, 0) is 32.0 Å². The van der Waals surface area contributed by atoms with E-state index in [2.05, 4.69) is 5.32 Å². The van der Waals surface area contributed by atoms with E-state index in [9.17, 15) is 9.59 Å². The fraction of sp³-hybridized carbons (Fsp3) is 0.200. The van der Waals surface area contributed by atoms with Crippen LogP contribution in [0.2, 0.25) is 0 Å². The van der Waals surface area contributed by atoms with Crippen LogP contribution in [0.4, 0.5) is 11.4 Å². The van der Waals surface area contributed by atoms with Gasteiger partial charge in [0, 0.05) is 0 Å². The van der Waals surface area contributed by atoms with Crippen LogP contribution in [0, 0.1) is 13.8 Å². The number of aryl methyl sites for hydroxylation is 2. The van der Waals surface area contributed by atoms with Gasteiger partial charge in [0.25, 0.3) is 5.91 Å². The third kappa shape index (κ3) is 1.97. The first-order valence-electron chi connectivity index (χ1n) is 6.34. The third-order valence-electron chi connectivity index (χ3n) is 3.29. The van der Waals surface area contributed by atoms with Gasteiger partial charge in [-0.15, -0.1) is 0 Å². The number of furan rings is 1. The second-order valence-corrected chi connectivity index (χ2v) is 4.78. The molecule has 0 radical (unpaired) electrons. The standard InChI is InChI=1S/C15H14N2O3/c1-9-7-11(10(2)20-9)15(19)17-8-14(18)16-12-5-3-4-6-13(12)17/h3-7H,8H2,1-2H3,(H,16,18). The van der Waals surface area contributed by atoms with Crippen LogP contribution in [0.25, 0.3) is 0 Å². The predicted molar refractivity (Wildman–Crippen MR) is 74.9 cm³/mol. The maximum atomic E-state index is 12.6. The average Bonchev–Trinajstić information content (AvgIpc) is 2.76. The number of carbonyl (C=O) groups is 2. The molecule has 20 heavy (non-hydrogen) atoms. The van der Waals surface area contributed by atoms with Crippen molar-refractivity contribution in [2.75, 3.05) is 16.8 Å². The van der Waals surface area contributed by atoms with E-state index in [-0.39, 0.29) is 18.4 Å². The molecule has 0 saturated heterocycles. The lowest BCUT2D eigenvalue weighted by atomic mass is 10.1. The molecule has 5 heteroatoms. The largest absolute Gasteiger partial charge is 0.466 e. The molecular weight excluding hydrogens is 256 g/mol. The number of benzene rings is 1. The Labute approximate surface area is 116 Å². The van der Waals surface area contributed by atoms with Gasteiger partial charge in [0.1, 0.15) is 18.1 Å². The highest BCUT2D eigenvalue weighted by Crippen LogP contribution is 2.30. The lowest BCUT2D eigenvalue weighted by Crippen LogP contribution is -2.42. The maximum absolute atomic E-state index is 12.6. The second-order valence-electron chi connectivity index (χ2n) is 4.78. The molecule has 102 valence electrons. The number of hydrogen-bond acceptors (Lipinski definition) is 3. The number of para-hydroxylation sites is 2. The van der Waals surface area contributed by atoms with Gasteiger partial charge in [0.15, 0.2) is 0 Å². The van der Waals surface area contributed by atoms with Crippen molar-refractivity contribution in [3.8, 4) is 0 Å². The molecule has 1 N–H and O–H groups in total. The smallest absolute Gasteiger partial charge is 0.262 e. The summed E-state index contributed by atoms with van der Waals surface area (Å²) < 4.78 is 5.39. The van der Waals surface area contributed by atoms with Crippen molar-refractivity contribution in [1.29, 1.82) is 0 Å². The number of carbonyl (C=O) groups excluding carboxylic acids is 2. The van der Waals surface area contributed by atoms with E-state index in [1.807, 2.05) is 18.2 Å². The summed E-state index contributed by atoms with van der Waals surface area (Å²) in [5.74, 6) is 0.827. The summed E-state index contributed by atoms with van der Waals surface area (Å²) in [6, 6.07) is 8.95. The van der Waals surface area contributed by atoms with Gasteiger partial charge >= 0.3 is 0 Å². The molecule has 5 nitrogen and oxygen atoms in total. The summed E-state index contributed by atoms with van der Waals surface area (Å²) >= 11 is 0. The van der Waals surface area contributed by atoms with Crippen LogP contribution in [0.3, 0.4) is 0 Å². The second kappa shape index (κ2) is 4.52. The average molecular weight is 270 g/mol. The predicted octanol–water partition coefficient (Wildman–Crippen LogP) is 2.50. The summed E-state index contributed by atoms with van der Waals surface area (Å²) in [7, 11) is 0. The zero-order chi connectivity index (χ0) is 14.3. The number of rotatable bonds is 1. The topological polar surface area (TPSA) is 62.6 Å². The van der Waals surface area contributed by atoms with Gasteiger partial charge in [-0.2, -0.15) is 0 Å². The van der Waals surface area contributed by atoms with Crippen molar-refractivity contribution in [3.63, 3.8) is 0 Å². The summed E-state index contributed by atoms with van der Waals surface area (Å²) in [6.07, 6.45) is 0. The number of nitrogens with zero attached hydrogens (tertiary/aromatic N) is 1. The van der Waals surface area contributed by atoms with Gasteiger partial charge in [-0.3, -0.25) is 14.5 Å². The van der Waals surface area contributed by atoms with Crippen LogP contribution in [-0.2, 0) is 4.79 Å². The van der Waals surface area contributed by atoms with Crippen molar-refractivity contribution in [1.82, 2.24) is 0 Å². The highest BCUT2D eigenvalue weighted by atomic mass is 16.3. The quantitative estimate of drug-likeness (QED) is 0.866. The Balaban J connectivity index is 2.04. The molecule has 2 aromatic rings. The molecule has 0 bridgehead atoms. The minimum atomic E-state index is -0.221. The van der Waals surface area contributed by atoms with E-state index in [0.29, 0.717) is 28.5 Å². The summed E-state index contributed by atoms with van der Waals surface area (Å²) in [5, 5.41) is 2.76. The van der Waals surface area contributed by atoms with Crippen LogP contribution in [0.15, 0.2) is 34.7 Å². The van der Waals surface area contributed by atoms with Crippen LogP contribution >= 0.6 is 0 Å². The fourth-order valence-electron chi connectivity index (χ4n) is 2.40. The summed E-state index contributed by atoms with van der Waals surface area (Å²) in [6.45, 7) is 3.55. The summed E-state index contributed by atoms with van der Waals surface area (Å²) in [4.78, 5) is 25.8. The molecule has 0 unspecified atom stereocenters. The third-order valence-corrected chi connectivity index (χ3v) is 3.29. The molecule has 2 heterocycles. The highest BCUT2D eigenvalue weighted by molar-refractivity contribution is 6.15. The summed E-state index contributed by atoms with van der Waals surface area (Å²) in [5.41, 5.74) is 1.84. The Bertz CT molecular complexity index is 703. The molecule has 0 atom stereocenters. The normalized spacial score (nSPS) is 13.9. The van der Waals surface area contributed by atoms with Crippen molar-refractivity contribution in [3.05, 3.63) is 47.4 Å². The van der Waals surface area contributed by atoms with Crippen LogP contribution in [-0.4, -0.2) is 18.4 Å². The molecule has 1 aliphatic heterocycles. The van der Waals surface area contributed by atoms with E-state index in [0.717, 1.165) is 0 Å². The Kier molecular flexibility index (Phi) is 2.82. The number of hydrogen-bond donors (Lipinski definition) is 1. The van der Waals surface area contributed by atoms with Crippen LogP contribution in [0.1, 0.15) is 21.9 Å². The minimum absolute atomic E-state index is 0.0134. The van der Waals surface area contributed by atoms with E-state index < -0.39 is 0 Å². The molecule has 2 amide bonds. The first kappa shape index (κ1) is 12.5. The van der Waals surface area contributed by atoms with Gasteiger partial charge in [-0.1, -0.05) is 12.1 Å². The van der Waals surface area contributed by atoms with Crippen molar-refractivity contribution in [2.24, 2.45) is 0 Å². The number of amides is 2.